The number of aliphatic carboxylic acids is 1. The van der Waals surface area contributed by atoms with Crippen LogP contribution in [0.4, 0.5) is 0 Å². The fraction of sp³-hybridized carbons (Fsp3) is 0.333. The Kier molecular flexibility index (Phi) is 6.96. The summed E-state index contributed by atoms with van der Waals surface area (Å²) in [4.78, 5) is 30.4. The molecule has 5 rings (SSSR count). The van der Waals surface area contributed by atoms with Crippen LogP contribution in [0.2, 0.25) is 0 Å². The van der Waals surface area contributed by atoms with Crippen molar-refractivity contribution in [2.75, 3.05) is 19.6 Å². The van der Waals surface area contributed by atoms with Crippen LogP contribution in [0, 0.1) is 0 Å². The smallest absolute Gasteiger partial charge is 0.326 e. The van der Waals surface area contributed by atoms with Crippen molar-refractivity contribution >= 4 is 11.9 Å². The molecule has 0 bridgehead atoms. The minimum absolute atomic E-state index is 0.0544. The van der Waals surface area contributed by atoms with E-state index in [1.54, 1.807) is 4.90 Å². The molecule has 2 heterocycles. The first-order valence-electron chi connectivity index (χ1n) is 12.5. The van der Waals surface area contributed by atoms with Gasteiger partial charge in [-0.15, -0.1) is 0 Å². The highest BCUT2D eigenvalue weighted by molar-refractivity contribution is 5.91. The Hall–Kier alpha value is -3.44. The average Bonchev–Trinajstić information content (AvgIpc) is 3.37. The summed E-state index contributed by atoms with van der Waals surface area (Å²) in [6.45, 7) is 2.31. The van der Waals surface area contributed by atoms with Crippen LogP contribution in [0.1, 0.15) is 47.8 Å². The standard InChI is InChI=1S/C30H32N2O3/c33-29(28(23-13-6-2-7-14-23)24-15-8-3-9-16-24)32-21-26(19-27(32)30(34)35)31-18-10-17-25(20-31)22-11-4-1-5-12-22/h1-9,11-16,25-28H,10,17-21H2,(H,34,35)/t25-,26-,27-/m0/s1. The zero-order chi connectivity index (χ0) is 24.2. The van der Waals surface area contributed by atoms with Crippen LogP contribution >= 0.6 is 0 Å². The molecular formula is C30H32N2O3. The molecule has 180 valence electrons. The SMILES string of the molecule is O=C(O)[C@@H]1C[C@H](N2CCC[C@H](c3ccccc3)C2)CN1C(=O)C(c1ccccc1)c1ccccc1. The molecule has 2 fully saturated rings. The van der Waals surface area contributed by atoms with E-state index in [9.17, 15) is 14.7 Å². The molecule has 5 nitrogen and oxygen atoms in total. The van der Waals surface area contributed by atoms with E-state index in [0.717, 1.165) is 37.1 Å². The van der Waals surface area contributed by atoms with Crippen LogP contribution in [0.25, 0.3) is 0 Å². The highest BCUT2D eigenvalue weighted by Gasteiger charge is 2.44. The largest absolute Gasteiger partial charge is 0.480 e. The summed E-state index contributed by atoms with van der Waals surface area (Å²) in [6.07, 6.45) is 2.69. The van der Waals surface area contributed by atoms with Crippen molar-refractivity contribution in [1.29, 1.82) is 0 Å². The molecule has 0 aliphatic carbocycles. The molecule has 1 amide bonds. The number of likely N-dealkylation sites (tertiary alicyclic amines) is 2. The summed E-state index contributed by atoms with van der Waals surface area (Å²) in [5, 5.41) is 10.1. The fourth-order valence-corrected chi connectivity index (χ4v) is 5.83. The molecular weight excluding hydrogens is 436 g/mol. The summed E-state index contributed by atoms with van der Waals surface area (Å²) in [5.41, 5.74) is 3.11. The Bertz CT molecular complexity index is 1100. The van der Waals surface area contributed by atoms with Crippen molar-refractivity contribution in [3.05, 3.63) is 108 Å². The Morgan fingerprint density at radius 1 is 0.800 bits per heavy atom. The van der Waals surface area contributed by atoms with Crippen molar-refractivity contribution in [2.24, 2.45) is 0 Å². The molecule has 3 aromatic carbocycles. The summed E-state index contributed by atoms with van der Waals surface area (Å²) >= 11 is 0. The molecule has 0 radical (unpaired) electrons. The van der Waals surface area contributed by atoms with Gasteiger partial charge in [-0.25, -0.2) is 4.79 Å². The summed E-state index contributed by atoms with van der Waals surface area (Å²) in [7, 11) is 0. The molecule has 2 saturated heterocycles. The minimum Gasteiger partial charge on any atom is -0.480 e. The number of hydrogen-bond acceptors (Lipinski definition) is 3. The second-order valence-electron chi connectivity index (χ2n) is 9.73. The maximum Gasteiger partial charge on any atom is 0.326 e. The lowest BCUT2D eigenvalue weighted by Crippen LogP contribution is -2.45. The third-order valence-electron chi connectivity index (χ3n) is 7.60. The topological polar surface area (TPSA) is 60.9 Å². The van der Waals surface area contributed by atoms with Gasteiger partial charge in [0.2, 0.25) is 5.91 Å². The zero-order valence-electron chi connectivity index (χ0n) is 19.9. The number of amides is 1. The summed E-state index contributed by atoms with van der Waals surface area (Å²) in [6, 6.07) is 29.2. The number of carbonyl (C=O) groups is 2. The number of piperidine rings is 1. The lowest BCUT2D eigenvalue weighted by atomic mass is 9.89. The normalized spacial score (nSPS) is 22.9. The zero-order valence-corrected chi connectivity index (χ0v) is 19.9. The third kappa shape index (κ3) is 5.01. The Balaban J connectivity index is 1.39. The molecule has 2 aliphatic rings. The number of rotatable bonds is 6. The molecule has 0 unspecified atom stereocenters. The first kappa shape index (κ1) is 23.3. The van der Waals surface area contributed by atoms with E-state index in [1.807, 2.05) is 66.7 Å². The van der Waals surface area contributed by atoms with Gasteiger partial charge in [-0.05, 0) is 48.4 Å². The number of carboxylic acids is 1. The first-order valence-corrected chi connectivity index (χ1v) is 12.5. The monoisotopic (exact) mass is 468 g/mol. The van der Waals surface area contributed by atoms with Gasteiger partial charge in [-0.1, -0.05) is 91.0 Å². The molecule has 3 aromatic rings. The van der Waals surface area contributed by atoms with E-state index >= 15 is 0 Å². The van der Waals surface area contributed by atoms with Crippen molar-refractivity contribution in [2.45, 2.75) is 43.2 Å². The maximum atomic E-state index is 14.0. The van der Waals surface area contributed by atoms with E-state index in [2.05, 4.69) is 29.2 Å². The average molecular weight is 469 g/mol. The molecule has 0 spiro atoms. The van der Waals surface area contributed by atoms with Gasteiger partial charge in [-0.3, -0.25) is 9.69 Å². The molecule has 1 N–H and O–H groups in total. The van der Waals surface area contributed by atoms with Gasteiger partial charge in [0.1, 0.15) is 6.04 Å². The number of benzene rings is 3. The van der Waals surface area contributed by atoms with E-state index in [0.29, 0.717) is 18.9 Å². The van der Waals surface area contributed by atoms with Gasteiger partial charge < -0.3 is 10.0 Å². The van der Waals surface area contributed by atoms with Crippen molar-refractivity contribution in [1.82, 2.24) is 9.80 Å². The van der Waals surface area contributed by atoms with Crippen LogP contribution in [0.15, 0.2) is 91.0 Å². The highest BCUT2D eigenvalue weighted by Crippen LogP contribution is 2.34. The molecule has 35 heavy (non-hydrogen) atoms. The van der Waals surface area contributed by atoms with Crippen LogP contribution in [0.5, 0.6) is 0 Å². The Morgan fingerprint density at radius 2 is 1.37 bits per heavy atom. The Morgan fingerprint density at radius 3 is 1.94 bits per heavy atom. The van der Waals surface area contributed by atoms with E-state index in [4.69, 9.17) is 0 Å². The molecule has 2 aliphatic heterocycles. The third-order valence-corrected chi connectivity index (χ3v) is 7.60. The lowest BCUT2D eigenvalue weighted by Gasteiger charge is -2.37. The first-order chi connectivity index (χ1) is 17.1. The van der Waals surface area contributed by atoms with Crippen LogP contribution < -0.4 is 0 Å². The number of hydrogen-bond donors (Lipinski definition) is 1. The van der Waals surface area contributed by atoms with Crippen LogP contribution in [-0.4, -0.2) is 58.5 Å². The van der Waals surface area contributed by atoms with Gasteiger partial charge in [0.05, 0.1) is 5.92 Å². The summed E-state index contributed by atoms with van der Waals surface area (Å²) < 4.78 is 0. The van der Waals surface area contributed by atoms with Gasteiger partial charge in [0, 0.05) is 19.1 Å². The van der Waals surface area contributed by atoms with E-state index < -0.39 is 17.9 Å². The quantitative estimate of drug-likeness (QED) is 0.567. The number of carboxylic acid groups (broad SMARTS) is 1. The number of nitrogens with zero attached hydrogens (tertiary/aromatic N) is 2. The minimum atomic E-state index is -0.919. The molecule has 3 atom stereocenters. The Labute approximate surface area is 207 Å². The van der Waals surface area contributed by atoms with Crippen molar-refractivity contribution in [3.8, 4) is 0 Å². The molecule has 0 saturated carbocycles. The van der Waals surface area contributed by atoms with Crippen LogP contribution in [-0.2, 0) is 9.59 Å². The van der Waals surface area contributed by atoms with Gasteiger partial charge >= 0.3 is 5.97 Å². The fourth-order valence-electron chi connectivity index (χ4n) is 5.83. The van der Waals surface area contributed by atoms with Gasteiger partial charge in [0.15, 0.2) is 0 Å². The summed E-state index contributed by atoms with van der Waals surface area (Å²) in [5.74, 6) is -1.12. The number of carbonyl (C=O) groups excluding carboxylic acids is 1. The van der Waals surface area contributed by atoms with E-state index in [1.165, 1.54) is 5.56 Å². The van der Waals surface area contributed by atoms with Gasteiger partial charge in [0.25, 0.3) is 0 Å². The second kappa shape index (κ2) is 10.4. The maximum absolute atomic E-state index is 14.0. The van der Waals surface area contributed by atoms with E-state index in [-0.39, 0.29) is 11.9 Å². The molecule has 5 heteroatoms. The second-order valence-corrected chi connectivity index (χ2v) is 9.73. The predicted octanol–water partition coefficient (Wildman–Crippen LogP) is 4.75. The lowest BCUT2D eigenvalue weighted by molar-refractivity contribution is -0.148. The highest BCUT2D eigenvalue weighted by atomic mass is 16.4. The van der Waals surface area contributed by atoms with Crippen molar-refractivity contribution in [3.63, 3.8) is 0 Å². The predicted molar refractivity (Wildman–Crippen MR) is 136 cm³/mol. The van der Waals surface area contributed by atoms with Crippen LogP contribution in [0.3, 0.4) is 0 Å². The van der Waals surface area contributed by atoms with Gasteiger partial charge in [-0.2, -0.15) is 0 Å². The van der Waals surface area contributed by atoms with Crippen molar-refractivity contribution < 1.29 is 14.7 Å². The molecule has 0 aromatic heterocycles.